The van der Waals surface area contributed by atoms with Crippen LogP contribution in [0.3, 0.4) is 0 Å². The molecule has 9 nitrogen and oxygen atoms in total. The number of carbonyl (C=O) groups excluding carboxylic acids is 1. The number of aliphatic hydroxyl groups excluding tert-OH is 1. The molecule has 0 spiro atoms. The van der Waals surface area contributed by atoms with E-state index in [1.807, 2.05) is 13.8 Å². The number of primary amides is 1. The van der Waals surface area contributed by atoms with Gasteiger partial charge in [0.2, 0.25) is 16.3 Å². The molecule has 1 aliphatic heterocycles. The van der Waals surface area contributed by atoms with Gasteiger partial charge in [0.05, 0.1) is 25.2 Å². The van der Waals surface area contributed by atoms with Crippen molar-refractivity contribution in [3.8, 4) is 5.75 Å². The number of allylic oxidation sites excluding steroid dienone is 1. The van der Waals surface area contributed by atoms with Crippen LogP contribution in [0.15, 0.2) is 41.0 Å². The summed E-state index contributed by atoms with van der Waals surface area (Å²) in [5.41, 5.74) is 5.34. The Labute approximate surface area is 177 Å². The summed E-state index contributed by atoms with van der Waals surface area (Å²) in [5.74, 6) is 0.248. The summed E-state index contributed by atoms with van der Waals surface area (Å²) in [6.45, 7) is 3.66. The van der Waals surface area contributed by atoms with E-state index in [0.29, 0.717) is 12.2 Å². The Kier molecular flexibility index (Phi) is 8.65. The van der Waals surface area contributed by atoms with Crippen LogP contribution in [0.25, 0.3) is 0 Å². The average molecular weight is 443 g/mol. The number of rotatable bonds is 11. The number of nitrogens with zero attached hydrogens (tertiary/aromatic N) is 1. The van der Waals surface area contributed by atoms with E-state index >= 15 is 0 Å². The second kappa shape index (κ2) is 10.8. The smallest absolute Gasteiger partial charge is 0.283 e. The van der Waals surface area contributed by atoms with Crippen molar-refractivity contribution in [2.45, 2.75) is 31.5 Å². The van der Waals surface area contributed by atoms with Gasteiger partial charge in [0.1, 0.15) is 5.75 Å². The molecule has 30 heavy (non-hydrogen) atoms. The van der Waals surface area contributed by atoms with E-state index < -0.39 is 22.2 Å². The predicted molar refractivity (Wildman–Crippen MR) is 110 cm³/mol. The highest BCUT2D eigenvalue weighted by Gasteiger charge is 2.29. The molecule has 0 bridgehead atoms. The standard InChI is InChI=1S/C20H30N2O7S/c1-14(2)15-12-18(20(21)24)29-19(13-15)28-11-9-22(8-10-23)30(25,26)17-6-4-16(27-3)5-7-17/h4-7,12,14-15,19,23H,8-11,13H2,1-3H3,(H2,21,24)/t15-,19+/m0/s1. The lowest BCUT2D eigenvalue weighted by Gasteiger charge is -2.31. The lowest BCUT2D eigenvalue weighted by atomic mass is 9.90. The second-order valence-corrected chi connectivity index (χ2v) is 9.20. The van der Waals surface area contributed by atoms with Gasteiger partial charge in [0, 0.05) is 19.5 Å². The molecule has 168 valence electrons. The number of ether oxygens (including phenoxy) is 3. The van der Waals surface area contributed by atoms with Gasteiger partial charge < -0.3 is 25.1 Å². The summed E-state index contributed by atoms with van der Waals surface area (Å²) in [6.07, 6.45) is 1.53. The first-order chi connectivity index (χ1) is 14.2. The predicted octanol–water partition coefficient (Wildman–Crippen LogP) is 1.08. The fourth-order valence-electron chi connectivity index (χ4n) is 3.07. The van der Waals surface area contributed by atoms with Crippen molar-refractivity contribution in [3.05, 3.63) is 36.1 Å². The van der Waals surface area contributed by atoms with Gasteiger partial charge >= 0.3 is 0 Å². The van der Waals surface area contributed by atoms with Gasteiger partial charge in [-0.15, -0.1) is 0 Å². The van der Waals surface area contributed by atoms with E-state index in [1.54, 1.807) is 18.2 Å². The fraction of sp³-hybridized carbons (Fsp3) is 0.550. The zero-order valence-electron chi connectivity index (χ0n) is 17.5. The van der Waals surface area contributed by atoms with E-state index in [9.17, 15) is 18.3 Å². The first kappa shape index (κ1) is 24.1. The zero-order valence-corrected chi connectivity index (χ0v) is 18.3. The highest BCUT2D eigenvalue weighted by molar-refractivity contribution is 7.89. The Balaban J connectivity index is 2.03. The van der Waals surface area contributed by atoms with Crippen LogP contribution in [0.4, 0.5) is 0 Å². The molecule has 0 aliphatic carbocycles. The Morgan fingerprint density at radius 3 is 2.50 bits per heavy atom. The molecule has 0 saturated carbocycles. The molecule has 10 heteroatoms. The molecule has 0 unspecified atom stereocenters. The van der Waals surface area contributed by atoms with Crippen molar-refractivity contribution in [2.24, 2.45) is 17.6 Å². The van der Waals surface area contributed by atoms with Crippen LogP contribution < -0.4 is 10.5 Å². The first-order valence-corrected chi connectivity index (χ1v) is 11.2. The second-order valence-electron chi connectivity index (χ2n) is 7.26. The van der Waals surface area contributed by atoms with Gasteiger partial charge in [-0.2, -0.15) is 4.31 Å². The van der Waals surface area contributed by atoms with Gasteiger partial charge in [-0.3, -0.25) is 4.79 Å². The SMILES string of the molecule is COc1ccc(S(=O)(=O)N(CCO)CCO[C@H]2C[C@@H](C(C)C)C=C(C(N)=O)O2)cc1. The summed E-state index contributed by atoms with van der Waals surface area (Å²) < 4.78 is 43.2. The average Bonchev–Trinajstić information content (AvgIpc) is 2.72. The molecule has 3 N–H and O–H groups in total. The highest BCUT2D eigenvalue weighted by Crippen LogP contribution is 2.28. The minimum absolute atomic E-state index is 0.0107. The van der Waals surface area contributed by atoms with Crippen molar-refractivity contribution in [2.75, 3.05) is 33.4 Å². The largest absolute Gasteiger partial charge is 0.497 e. The molecular formula is C20H30N2O7S. The van der Waals surface area contributed by atoms with Crippen LogP contribution in [-0.2, 0) is 24.3 Å². The maximum Gasteiger partial charge on any atom is 0.283 e. The van der Waals surface area contributed by atoms with E-state index in [1.165, 1.54) is 19.2 Å². The summed E-state index contributed by atoms with van der Waals surface area (Å²) in [4.78, 5) is 11.6. The van der Waals surface area contributed by atoms with Crippen molar-refractivity contribution in [3.63, 3.8) is 0 Å². The number of hydrogen-bond acceptors (Lipinski definition) is 7. The van der Waals surface area contributed by atoms with E-state index in [4.69, 9.17) is 19.9 Å². The topological polar surface area (TPSA) is 128 Å². The van der Waals surface area contributed by atoms with Crippen molar-refractivity contribution in [1.29, 1.82) is 0 Å². The molecule has 0 fully saturated rings. The number of carbonyl (C=O) groups is 1. The van der Waals surface area contributed by atoms with Gasteiger partial charge in [0.25, 0.3) is 5.91 Å². The van der Waals surface area contributed by atoms with E-state index in [2.05, 4.69) is 0 Å². The molecular weight excluding hydrogens is 412 g/mol. The van der Waals surface area contributed by atoms with E-state index in [0.717, 1.165) is 4.31 Å². The minimum Gasteiger partial charge on any atom is -0.497 e. The molecule has 0 saturated heterocycles. The third kappa shape index (κ3) is 6.18. The van der Waals surface area contributed by atoms with Crippen molar-refractivity contribution >= 4 is 15.9 Å². The Morgan fingerprint density at radius 1 is 1.30 bits per heavy atom. The first-order valence-electron chi connectivity index (χ1n) is 9.74. The summed E-state index contributed by atoms with van der Waals surface area (Å²) in [5, 5.41) is 9.32. The molecule has 1 aromatic rings. The number of methoxy groups -OCH3 is 1. The van der Waals surface area contributed by atoms with Crippen molar-refractivity contribution < 1.29 is 32.5 Å². The van der Waals surface area contributed by atoms with Crippen LogP contribution in [-0.4, -0.2) is 63.4 Å². The molecule has 1 amide bonds. The van der Waals surface area contributed by atoms with Crippen LogP contribution in [0.2, 0.25) is 0 Å². The minimum atomic E-state index is -3.83. The fourth-order valence-corrected chi connectivity index (χ4v) is 4.48. The number of hydrogen-bond donors (Lipinski definition) is 2. The summed E-state index contributed by atoms with van der Waals surface area (Å²) in [6, 6.07) is 6.00. The van der Waals surface area contributed by atoms with Crippen LogP contribution in [0.5, 0.6) is 5.75 Å². The number of sulfonamides is 1. The quantitative estimate of drug-likeness (QED) is 0.525. The maximum atomic E-state index is 12.9. The zero-order chi connectivity index (χ0) is 22.3. The molecule has 2 rings (SSSR count). The summed E-state index contributed by atoms with van der Waals surface area (Å²) >= 11 is 0. The lowest BCUT2D eigenvalue weighted by molar-refractivity contribution is -0.149. The number of amides is 1. The molecule has 2 atom stereocenters. The van der Waals surface area contributed by atoms with E-state index in [-0.39, 0.29) is 48.8 Å². The Bertz CT molecular complexity index is 837. The number of benzene rings is 1. The summed E-state index contributed by atoms with van der Waals surface area (Å²) in [7, 11) is -2.33. The van der Waals surface area contributed by atoms with Crippen LogP contribution in [0, 0.1) is 11.8 Å². The molecule has 1 aliphatic rings. The third-order valence-corrected chi connectivity index (χ3v) is 6.79. The lowest BCUT2D eigenvalue weighted by Crippen LogP contribution is -2.38. The monoisotopic (exact) mass is 442 g/mol. The third-order valence-electron chi connectivity index (χ3n) is 4.88. The molecule has 0 aromatic heterocycles. The van der Waals surface area contributed by atoms with Crippen LogP contribution in [0.1, 0.15) is 20.3 Å². The molecule has 0 radical (unpaired) electrons. The van der Waals surface area contributed by atoms with Gasteiger partial charge in [0.15, 0.2) is 5.76 Å². The number of aliphatic hydroxyl groups is 1. The van der Waals surface area contributed by atoms with Gasteiger partial charge in [-0.1, -0.05) is 13.8 Å². The normalized spacial score (nSPS) is 19.5. The molecule has 1 heterocycles. The maximum absolute atomic E-state index is 12.9. The van der Waals surface area contributed by atoms with Crippen LogP contribution >= 0.6 is 0 Å². The molecule has 1 aromatic carbocycles. The van der Waals surface area contributed by atoms with Gasteiger partial charge in [-0.25, -0.2) is 8.42 Å². The Hall–Kier alpha value is -2.14. The van der Waals surface area contributed by atoms with Crippen molar-refractivity contribution in [1.82, 2.24) is 4.31 Å². The van der Waals surface area contributed by atoms with Gasteiger partial charge in [-0.05, 0) is 42.2 Å². The number of nitrogens with two attached hydrogens (primary N) is 1. The Morgan fingerprint density at radius 2 is 1.97 bits per heavy atom. The highest BCUT2D eigenvalue weighted by atomic mass is 32.2.